The van der Waals surface area contributed by atoms with Crippen LogP contribution in [0, 0.1) is 23.7 Å². The highest BCUT2D eigenvalue weighted by Crippen LogP contribution is 2.52. The summed E-state index contributed by atoms with van der Waals surface area (Å²) >= 11 is 0. The van der Waals surface area contributed by atoms with Crippen LogP contribution in [0.15, 0.2) is 0 Å². The van der Waals surface area contributed by atoms with E-state index in [9.17, 15) is 10.2 Å². The van der Waals surface area contributed by atoms with Crippen LogP contribution in [0.4, 0.5) is 0 Å². The van der Waals surface area contributed by atoms with Gasteiger partial charge < -0.3 is 10.2 Å². The van der Waals surface area contributed by atoms with Gasteiger partial charge >= 0.3 is 0 Å². The number of aliphatic hydroxyl groups is 2. The van der Waals surface area contributed by atoms with Gasteiger partial charge in [-0.15, -0.1) is 0 Å². The van der Waals surface area contributed by atoms with E-state index in [0.717, 1.165) is 12.8 Å². The highest BCUT2D eigenvalue weighted by Gasteiger charge is 2.48. The summed E-state index contributed by atoms with van der Waals surface area (Å²) in [5.74, 6) is 2.07. The second-order valence-electron chi connectivity index (χ2n) is 7.71. The van der Waals surface area contributed by atoms with Gasteiger partial charge in [-0.25, -0.2) is 0 Å². The predicted molar refractivity (Wildman–Crippen MR) is 74.3 cm³/mol. The average molecular weight is 254 g/mol. The van der Waals surface area contributed by atoms with Crippen molar-refractivity contribution >= 4 is 0 Å². The van der Waals surface area contributed by atoms with Gasteiger partial charge in [0.25, 0.3) is 0 Å². The van der Waals surface area contributed by atoms with Crippen LogP contribution in [0.25, 0.3) is 0 Å². The van der Waals surface area contributed by atoms with Gasteiger partial charge in [-0.05, 0) is 77.0 Å². The predicted octanol–water partition coefficient (Wildman–Crippen LogP) is 3.36. The van der Waals surface area contributed by atoms with E-state index in [4.69, 9.17) is 0 Å². The summed E-state index contributed by atoms with van der Waals surface area (Å²) in [5, 5.41) is 20.8. The lowest BCUT2D eigenvalue weighted by Gasteiger charge is -2.51. The molecular weight excluding hydrogens is 224 g/mol. The Balaban J connectivity index is 2.20. The Morgan fingerprint density at radius 2 is 1.00 bits per heavy atom. The molecule has 106 valence electrons. The van der Waals surface area contributed by atoms with Crippen LogP contribution in [0.5, 0.6) is 0 Å². The highest BCUT2D eigenvalue weighted by molar-refractivity contribution is 4.98. The molecule has 2 saturated carbocycles. The van der Waals surface area contributed by atoms with E-state index in [-0.39, 0.29) is 0 Å². The minimum atomic E-state index is -0.565. The first-order valence-electron chi connectivity index (χ1n) is 7.66. The van der Waals surface area contributed by atoms with Gasteiger partial charge in [0, 0.05) is 0 Å². The zero-order chi connectivity index (χ0) is 13.6. The molecular formula is C16H30O2. The molecule has 0 heterocycles. The third-order valence-electron chi connectivity index (χ3n) is 5.50. The first-order chi connectivity index (χ1) is 8.21. The van der Waals surface area contributed by atoms with Crippen molar-refractivity contribution < 1.29 is 10.2 Å². The molecule has 0 radical (unpaired) electrons. The maximum atomic E-state index is 10.4. The van der Waals surface area contributed by atoms with Crippen LogP contribution < -0.4 is 0 Å². The van der Waals surface area contributed by atoms with Crippen LogP contribution in [0.1, 0.15) is 66.2 Å². The van der Waals surface area contributed by atoms with Gasteiger partial charge in [-0.2, -0.15) is 0 Å². The molecule has 0 bridgehead atoms. The molecule has 0 aliphatic heterocycles. The van der Waals surface area contributed by atoms with Crippen LogP contribution >= 0.6 is 0 Å². The van der Waals surface area contributed by atoms with Crippen molar-refractivity contribution in [2.45, 2.75) is 77.4 Å². The quantitative estimate of drug-likeness (QED) is 0.793. The maximum absolute atomic E-state index is 10.4. The lowest BCUT2D eigenvalue weighted by Crippen LogP contribution is -2.49. The fourth-order valence-corrected chi connectivity index (χ4v) is 4.76. The van der Waals surface area contributed by atoms with Crippen LogP contribution in [-0.2, 0) is 0 Å². The van der Waals surface area contributed by atoms with Gasteiger partial charge in [0.2, 0.25) is 0 Å². The first kappa shape index (κ1) is 14.3. The Hall–Kier alpha value is -0.0800. The summed E-state index contributed by atoms with van der Waals surface area (Å²) in [6.07, 6.45) is 7.22. The lowest BCUT2D eigenvalue weighted by atomic mass is 9.56. The van der Waals surface area contributed by atoms with E-state index >= 15 is 0 Å². The second kappa shape index (κ2) is 4.79. The van der Waals surface area contributed by atoms with Gasteiger partial charge in [0.15, 0.2) is 0 Å². The molecule has 18 heavy (non-hydrogen) atoms. The van der Waals surface area contributed by atoms with Gasteiger partial charge in [0.1, 0.15) is 0 Å². The summed E-state index contributed by atoms with van der Waals surface area (Å²) < 4.78 is 0. The molecule has 0 aromatic rings. The molecule has 2 rings (SSSR count). The molecule has 0 aromatic heterocycles. The van der Waals surface area contributed by atoms with Crippen LogP contribution in [0.2, 0.25) is 0 Å². The lowest BCUT2D eigenvalue weighted by molar-refractivity contribution is -0.107. The number of rotatable bonds is 2. The highest BCUT2D eigenvalue weighted by atomic mass is 16.3. The summed E-state index contributed by atoms with van der Waals surface area (Å²) in [5.41, 5.74) is -1.13. The summed E-state index contributed by atoms with van der Waals surface area (Å²) in [4.78, 5) is 0. The molecule has 2 fully saturated rings. The van der Waals surface area contributed by atoms with Crippen molar-refractivity contribution in [1.82, 2.24) is 0 Å². The van der Waals surface area contributed by atoms with E-state index in [1.807, 2.05) is 27.7 Å². The normalized spacial score (nSPS) is 38.3. The van der Waals surface area contributed by atoms with Crippen molar-refractivity contribution in [1.29, 1.82) is 0 Å². The molecule has 4 atom stereocenters. The summed E-state index contributed by atoms with van der Waals surface area (Å²) in [7, 11) is 0. The molecule has 2 unspecified atom stereocenters. The molecule has 0 amide bonds. The molecule has 0 spiro atoms. The van der Waals surface area contributed by atoms with E-state index in [1.165, 1.54) is 25.7 Å². The Morgan fingerprint density at radius 1 is 0.667 bits per heavy atom. The van der Waals surface area contributed by atoms with Crippen molar-refractivity contribution in [2.75, 3.05) is 0 Å². The zero-order valence-corrected chi connectivity index (χ0v) is 12.4. The molecule has 2 aliphatic rings. The van der Waals surface area contributed by atoms with Crippen molar-refractivity contribution in [3.8, 4) is 0 Å². The van der Waals surface area contributed by atoms with Gasteiger partial charge in [0.05, 0.1) is 11.2 Å². The minimum absolute atomic E-state index is 0.418. The summed E-state index contributed by atoms with van der Waals surface area (Å²) in [6.45, 7) is 7.86. The summed E-state index contributed by atoms with van der Waals surface area (Å²) in [6, 6.07) is 0. The molecule has 2 heteroatoms. The fourth-order valence-electron chi connectivity index (χ4n) is 4.76. The topological polar surface area (TPSA) is 40.5 Å². The minimum Gasteiger partial charge on any atom is -0.390 e. The van der Waals surface area contributed by atoms with Gasteiger partial charge in [-0.1, -0.05) is 12.8 Å². The third kappa shape index (κ3) is 2.75. The second-order valence-corrected chi connectivity index (χ2v) is 7.71. The Kier molecular flexibility index (Phi) is 3.81. The van der Waals surface area contributed by atoms with Crippen molar-refractivity contribution in [3.05, 3.63) is 0 Å². The Bertz CT molecular complexity index is 254. The number of fused-ring (bicyclic) bond motifs is 1. The molecule has 2 nitrogen and oxygen atoms in total. The van der Waals surface area contributed by atoms with E-state index in [0.29, 0.717) is 23.7 Å². The number of hydrogen-bond donors (Lipinski definition) is 2. The third-order valence-corrected chi connectivity index (χ3v) is 5.50. The van der Waals surface area contributed by atoms with E-state index in [1.54, 1.807) is 0 Å². The monoisotopic (exact) mass is 254 g/mol. The standard InChI is InChI=1S/C16H30O2/c1-15(2,17)13-9-5-8-12-11(13)7-6-10-14(12)16(3,4)18/h11-14,17-18H,5-10H2,1-4H3/t11?,12?,13-,14-/m1/s1. The van der Waals surface area contributed by atoms with Crippen molar-refractivity contribution in [2.24, 2.45) is 23.7 Å². The molecule has 2 aliphatic carbocycles. The maximum Gasteiger partial charge on any atom is 0.0622 e. The van der Waals surface area contributed by atoms with Crippen molar-refractivity contribution in [3.63, 3.8) is 0 Å². The van der Waals surface area contributed by atoms with Crippen LogP contribution in [-0.4, -0.2) is 21.4 Å². The Labute approximate surface area is 112 Å². The number of hydrogen-bond acceptors (Lipinski definition) is 2. The zero-order valence-electron chi connectivity index (χ0n) is 12.4. The molecule has 2 N–H and O–H groups in total. The molecule has 0 saturated heterocycles. The average Bonchev–Trinajstić information content (AvgIpc) is 2.24. The van der Waals surface area contributed by atoms with E-state index < -0.39 is 11.2 Å². The Morgan fingerprint density at radius 3 is 1.28 bits per heavy atom. The van der Waals surface area contributed by atoms with Gasteiger partial charge in [-0.3, -0.25) is 0 Å². The largest absolute Gasteiger partial charge is 0.390 e. The fraction of sp³-hybridized carbons (Fsp3) is 1.00. The first-order valence-corrected chi connectivity index (χ1v) is 7.66. The SMILES string of the molecule is CC(C)(O)[C@@H]1CCCC2C1CCC[C@H]2C(C)(C)O. The van der Waals surface area contributed by atoms with Crippen LogP contribution in [0.3, 0.4) is 0 Å². The van der Waals surface area contributed by atoms with E-state index in [2.05, 4.69) is 0 Å². The molecule has 0 aromatic carbocycles. The smallest absolute Gasteiger partial charge is 0.0622 e.